The summed E-state index contributed by atoms with van der Waals surface area (Å²) in [6.45, 7) is -0.497. The van der Waals surface area contributed by atoms with Crippen LogP contribution in [0.4, 0.5) is 0 Å². The molecule has 0 N–H and O–H groups in total. The number of fused-ring (bicyclic) bond motifs is 1. The quantitative estimate of drug-likeness (QED) is 0.615. The van der Waals surface area contributed by atoms with Gasteiger partial charge in [-0.25, -0.2) is 0 Å². The molecular weight excluding hydrogens is 247 g/mol. The van der Waals surface area contributed by atoms with Crippen LogP contribution in [0.25, 0.3) is 0 Å². The van der Waals surface area contributed by atoms with Crippen LogP contribution in [-0.4, -0.2) is 18.7 Å². The molecule has 2 rings (SSSR count). The minimum absolute atomic E-state index is 0.00481. The molecule has 1 aliphatic heterocycles. The van der Waals surface area contributed by atoms with Crippen molar-refractivity contribution < 1.29 is 18.6 Å². The molecule has 1 aromatic rings. The van der Waals surface area contributed by atoms with E-state index in [4.69, 9.17) is 25.6 Å². The Morgan fingerprint density at radius 2 is 1.94 bits per heavy atom. The van der Waals surface area contributed by atoms with Crippen LogP contribution in [0.3, 0.4) is 0 Å². The van der Waals surface area contributed by atoms with E-state index in [2.05, 4.69) is 0 Å². The molecular formula is C10H11O4PS. The zero-order valence-electron chi connectivity index (χ0n) is 8.71. The van der Waals surface area contributed by atoms with Crippen molar-refractivity contribution >= 4 is 24.3 Å². The summed E-state index contributed by atoms with van der Waals surface area (Å²) >= 11 is 5.23. The fourth-order valence-electron chi connectivity index (χ4n) is 1.35. The molecule has 0 unspecified atom stereocenters. The lowest BCUT2D eigenvalue weighted by Crippen LogP contribution is -2.12. The van der Waals surface area contributed by atoms with Gasteiger partial charge in [-0.3, -0.25) is 4.79 Å². The van der Waals surface area contributed by atoms with E-state index >= 15 is 0 Å². The highest BCUT2D eigenvalue weighted by Crippen LogP contribution is 2.58. The van der Waals surface area contributed by atoms with Crippen molar-refractivity contribution in [3.8, 4) is 11.5 Å². The average molecular weight is 258 g/mol. The number of ether oxygens (including phenoxy) is 1. The Morgan fingerprint density at radius 1 is 1.38 bits per heavy atom. The van der Waals surface area contributed by atoms with Crippen molar-refractivity contribution in [2.45, 2.75) is 6.92 Å². The van der Waals surface area contributed by atoms with Crippen molar-refractivity contribution in [1.82, 2.24) is 0 Å². The minimum Gasteiger partial charge on any atom is -0.466 e. The van der Waals surface area contributed by atoms with E-state index in [-0.39, 0.29) is 12.1 Å². The second kappa shape index (κ2) is 4.44. The number of esters is 1. The lowest BCUT2D eigenvalue weighted by Gasteiger charge is -2.12. The van der Waals surface area contributed by atoms with Crippen LogP contribution in [0.5, 0.6) is 11.5 Å². The van der Waals surface area contributed by atoms with Crippen LogP contribution in [0, 0.1) is 0 Å². The number of carbonyl (C=O) groups is 1. The van der Waals surface area contributed by atoms with Gasteiger partial charge in [0.25, 0.3) is 6.49 Å². The molecule has 4 nitrogen and oxygen atoms in total. The topological polar surface area (TPSA) is 44.8 Å². The van der Waals surface area contributed by atoms with Gasteiger partial charge in [-0.15, -0.1) is 0 Å². The van der Waals surface area contributed by atoms with Gasteiger partial charge in [0.2, 0.25) is 0 Å². The van der Waals surface area contributed by atoms with Crippen LogP contribution >= 0.6 is 6.49 Å². The number of carbonyl (C=O) groups excluding carboxylic acids is 1. The van der Waals surface area contributed by atoms with E-state index in [0.717, 1.165) is 0 Å². The molecule has 0 fully saturated rings. The summed E-state index contributed by atoms with van der Waals surface area (Å²) in [7, 11) is 0. The van der Waals surface area contributed by atoms with Crippen LogP contribution in [0.1, 0.15) is 6.92 Å². The molecule has 0 radical (unpaired) electrons. The first-order valence-electron chi connectivity index (χ1n) is 4.86. The van der Waals surface area contributed by atoms with Gasteiger partial charge in [0.05, 0.1) is 6.61 Å². The molecule has 0 saturated heterocycles. The third-order valence-corrected chi connectivity index (χ3v) is 4.38. The van der Waals surface area contributed by atoms with Crippen molar-refractivity contribution in [2.24, 2.45) is 0 Å². The fraction of sp³-hybridized carbons (Fsp3) is 0.300. The maximum atomic E-state index is 11.3. The molecule has 86 valence electrons. The summed E-state index contributed by atoms with van der Waals surface area (Å²) in [4.78, 5) is 11.3. The van der Waals surface area contributed by atoms with E-state index in [1.165, 1.54) is 0 Å². The van der Waals surface area contributed by atoms with Gasteiger partial charge in [0.15, 0.2) is 11.5 Å². The smallest absolute Gasteiger partial charge is 0.317 e. The first-order valence-corrected chi connectivity index (χ1v) is 7.68. The Bertz CT molecular complexity index is 431. The molecule has 1 aromatic carbocycles. The lowest BCUT2D eigenvalue weighted by atomic mass is 10.3. The van der Waals surface area contributed by atoms with E-state index in [1.54, 1.807) is 19.1 Å². The van der Waals surface area contributed by atoms with Gasteiger partial charge in [-0.05, 0) is 30.9 Å². The Hall–Kier alpha value is -1.06. The third-order valence-electron chi connectivity index (χ3n) is 1.95. The van der Waals surface area contributed by atoms with Crippen LogP contribution < -0.4 is 9.05 Å². The maximum Gasteiger partial charge on any atom is 0.317 e. The Balaban J connectivity index is 2.09. The SMILES string of the molecule is CCOC(=O)CP1(=S)Oc2ccccc2O1. The first kappa shape index (κ1) is 11.4. The summed E-state index contributed by atoms with van der Waals surface area (Å²) in [5.74, 6) is 0.837. The van der Waals surface area contributed by atoms with Gasteiger partial charge in [-0.1, -0.05) is 12.1 Å². The monoisotopic (exact) mass is 258 g/mol. The predicted molar refractivity (Wildman–Crippen MR) is 63.5 cm³/mol. The summed E-state index contributed by atoms with van der Waals surface area (Å²) in [6.07, 6.45) is 0.00481. The Labute approximate surface area is 98.7 Å². The standard InChI is InChI=1S/C10H11O4PS/c1-2-12-10(11)7-15(16)13-8-5-3-4-6-9(8)14-15/h3-6H,2,7H2,1H3. The number of hydrogen-bond donors (Lipinski definition) is 0. The number of rotatable bonds is 3. The van der Waals surface area contributed by atoms with Crippen molar-refractivity contribution in [3.05, 3.63) is 24.3 Å². The van der Waals surface area contributed by atoms with Crippen LogP contribution in [0.15, 0.2) is 24.3 Å². The normalized spacial score (nSPS) is 15.8. The van der Waals surface area contributed by atoms with Crippen molar-refractivity contribution in [1.29, 1.82) is 0 Å². The number of para-hydroxylation sites is 2. The molecule has 0 atom stereocenters. The second-order valence-corrected chi connectivity index (χ2v) is 6.78. The van der Waals surface area contributed by atoms with E-state index in [0.29, 0.717) is 18.1 Å². The molecule has 16 heavy (non-hydrogen) atoms. The first-order chi connectivity index (χ1) is 7.63. The van der Waals surface area contributed by atoms with E-state index in [9.17, 15) is 4.79 Å². The summed E-state index contributed by atoms with van der Waals surface area (Å²) in [6, 6.07) is 7.21. The maximum absolute atomic E-state index is 11.3. The van der Waals surface area contributed by atoms with E-state index in [1.807, 2.05) is 12.1 Å². The van der Waals surface area contributed by atoms with Crippen LogP contribution in [0.2, 0.25) is 0 Å². The molecule has 0 spiro atoms. The van der Waals surface area contributed by atoms with Gasteiger partial charge in [-0.2, -0.15) is 0 Å². The molecule has 0 aliphatic carbocycles. The zero-order chi connectivity index (χ0) is 11.6. The zero-order valence-corrected chi connectivity index (χ0v) is 10.4. The largest absolute Gasteiger partial charge is 0.466 e. The second-order valence-electron chi connectivity index (χ2n) is 3.20. The van der Waals surface area contributed by atoms with Gasteiger partial charge in [0, 0.05) is 0 Å². The fourth-order valence-corrected chi connectivity index (χ4v) is 3.62. The molecule has 0 saturated carbocycles. The average Bonchev–Trinajstić information content (AvgIpc) is 2.53. The Kier molecular flexibility index (Phi) is 3.17. The lowest BCUT2D eigenvalue weighted by molar-refractivity contribution is -0.140. The summed E-state index contributed by atoms with van der Waals surface area (Å²) < 4.78 is 15.9. The summed E-state index contributed by atoms with van der Waals surface area (Å²) in [5.41, 5.74) is 0. The molecule has 0 aromatic heterocycles. The highest BCUT2D eigenvalue weighted by molar-refractivity contribution is 8.10. The molecule has 0 bridgehead atoms. The predicted octanol–water partition coefficient (Wildman–Crippen LogP) is 2.33. The van der Waals surface area contributed by atoms with Gasteiger partial charge in [0.1, 0.15) is 6.16 Å². The molecule has 6 heteroatoms. The van der Waals surface area contributed by atoms with Crippen molar-refractivity contribution in [3.63, 3.8) is 0 Å². The molecule has 0 amide bonds. The third kappa shape index (κ3) is 2.36. The highest BCUT2D eigenvalue weighted by Gasteiger charge is 2.34. The summed E-state index contributed by atoms with van der Waals surface area (Å²) in [5, 5.41) is 0. The van der Waals surface area contributed by atoms with Crippen LogP contribution in [-0.2, 0) is 21.3 Å². The van der Waals surface area contributed by atoms with E-state index < -0.39 is 6.49 Å². The van der Waals surface area contributed by atoms with Gasteiger partial charge >= 0.3 is 5.97 Å². The Morgan fingerprint density at radius 3 is 2.44 bits per heavy atom. The highest BCUT2D eigenvalue weighted by atomic mass is 32.5. The molecule has 1 aliphatic rings. The van der Waals surface area contributed by atoms with Crippen molar-refractivity contribution in [2.75, 3.05) is 12.8 Å². The number of hydrogen-bond acceptors (Lipinski definition) is 5. The number of benzene rings is 1. The molecule has 1 heterocycles. The van der Waals surface area contributed by atoms with Gasteiger partial charge < -0.3 is 13.8 Å². The minimum atomic E-state index is -2.58.